The van der Waals surface area contributed by atoms with Crippen molar-refractivity contribution in [3.8, 4) is 0 Å². The van der Waals surface area contributed by atoms with Crippen molar-refractivity contribution in [2.75, 3.05) is 26.8 Å². The van der Waals surface area contributed by atoms with Crippen LogP contribution in [0.3, 0.4) is 0 Å². The number of hydrogen-bond acceptors (Lipinski definition) is 4. The summed E-state index contributed by atoms with van der Waals surface area (Å²) in [6, 6.07) is 4.05. The molecule has 1 aromatic rings. The summed E-state index contributed by atoms with van der Waals surface area (Å²) in [6.45, 7) is 5.27. The first-order valence-corrected chi connectivity index (χ1v) is 10.2. The first-order chi connectivity index (χ1) is 11.8. The van der Waals surface area contributed by atoms with Crippen LogP contribution in [0, 0.1) is 5.92 Å². The van der Waals surface area contributed by atoms with E-state index in [-0.39, 0.29) is 21.5 Å². The molecule has 1 fully saturated rings. The van der Waals surface area contributed by atoms with Gasteiger partial charge in [0, 0.05) is 26.2 Å². The Morgan fingerprint density at radius 2 is 2.04 bits per heavy atom. The summed E-state index contributed by atoms with van der Waals surface area (Å²) in [7, 11) is -2.08. The second-order valence-corrected chi connectivity index (χ2v) is 8.90. The van der Waals surface area contributed by atoms with E-state index in [9.17, 15) is 13.2 Å². The van der Waals surface area contributed by atoms with E-state index in [2.05, 4.69) is 12.2 Å². The normalized spacial score (nSPS) is 18.1. The minimum Gasteiger partial charge on any atom is -0.383 e. The van der Waals surface area contributed by atoms with Gasteiger partial charge in [0.15, 0.2) is 0 Å². The molecule has 1 unspecified atom stereocenters. The molecule has 1 saturated heterocycles. The van der Waals surface area contributed by atoms with Crippen LogP contribution in [0.1, 0.15) is 37.0 Å². The molecule has 1 atom stereocenters. The first-order valence-electron chi connectivity index (χ1n) is 8.35. The summed E-state index contributed by atoms with van der Waals surface area (Å²) < 4.78 is 32.1. The molecule has 8 heteroatoms. The van der Waals surface area contributed by atoms with Gasteiger partial charge in [0.1, 0.15) is 0 Å². The van der Waals surface area contributed by atoms with Crippen LogP contribution in [0.4, 0.5) is 0 Å². The van der Waals surface area contributed by atoms with Gasteiger partial charge in [-0.3, -0.25) is 4.79 Å². The number of piperidine rings is 1. The Morgan fingerprint density at radius 3 is 2.64 bits per heavy atom. The summed E-state index contributed by atoms with van der Waals surface area (Å²) in [5.74, 6) is 0.110. The highest BCUT2D eigenvalue weighted by atomic mass is 35.5. The molecule has 0 radical (unpaired) electrons. The van der Waals surface area contributed by atoms with Crippen LogP contribution in [-0.4, -0.2) is 51.5 Å². The molecule has 1 aliphatic rings. The number of hydrogen-bond donors (Lipinski definition) is 1. The summed E-state index contributed by atoms with van der Waals surface area (Å²) in [5.41, 5.74) is 0.149. The van der Waals surface area contributed by atoms with Crippen molar-refractivity contribution in [2.24, 2.45) is 5.92 Å². The minimum absolute atomic E-state index is 0.0935. The maximum absolute atomic E-state index is 12.8. The van der Waals surface area contributed by atoms with Crippen LogP contribution >= 0.6 is 11.6 Å². The number of nitrogens with one attached hydrogen (secondary N) is 1. The van der Waals surface area contributed by atoms with Gasteiger partial charge < -0.3 is 10.1 Å². The third kappa shape index (κ3) is 4.94. The predicted octanol–water partition coefficient (Wildman–Crippen LogP) is 2.53. The van der Waals surface area contributed by atoms with Gasteiger partial charge in [-0.1, -0.05) is 18.5 Å². The van der Waals surface area contributed by atoms with Crippen molar-refractivity contribution in [2.45, 2.75) is 37.6 Å². The van der Waals surface area contributed by atoms with Crippen molar-refractivity contribution in [3.63, 3.8) is 0 Å². The predicted molar refractivity (Wildman–Crippen MR) is 97.4 cm³/mol. The second-order valence-electron chi connectivity index (χ2n) is 6.56. The molecule has 0 spiro atoms. The van der Waals surface area contributed by atoms with Gasteiger partial charge >= 0.3 is 0 Å². The summed E-state index contributed by atoms with van der Waals surface area (Å²) in [4.78, 5) is 12.5. The Kier molecular flexibility index (Phi) is 6.85. The Balaban J connectivity index is 2.24. The average Bonchev–Trinajstić information content (AvgIpc) is 2.55. The number of sulfonamides is 1. The van der Waals surface area contributed by atoms with E-state index in [1.807, 2.05) is 0 Å². The molecule has 0 saturated carbocycles. The Morgan fingerprint density at radius 1 is 1.40 bits per heavy atom. The molecule has 0 aromatic heterocycles. The van der Waals surface area contributed by atoms with E-state index in [0.717, 1.165) is 12.8 Å². The zero-order valence-electron chi connectivity index (χ0n) is 14.8. The van der Waals surface area contributed by atoms with E-state index in [1.165, 1.54) is 22.5 Å². The lowest BCUT2D eigenvalue weighted by atomic mass is 10.0. The lowest BCUT2D eigenvalue weighted by molar-refractivity contribution is 0.0905. The number of amides is 1. The fourth-order valence-corrected chi connectivity index (χ4v) is 4.51. The minimum atomic E-state index is -3.63. The molecular weight excluding hydrogens is 364 g/mol. The maximum atomic E-state index is 12.8. The van der Waals surface area contributed by atoms with Crippen molar-refractivity contribution >= 4 is 27.5 Å². The van der Waals surface area contributed by atoms with Gasteiger partial charge in [0.05, 0.1) is 22.1 Å². The van der Waals surface area contributed by atoms with Crippen molar-refractivity contribution in [1.82, 2.24) is 9.62 Å². The SMILES string of the molecule is COCC(C)NC(=O)c1cc(S(=O)(=O)N2CCC(C)CC2)ccc1Cl. The number of carbonyl (C=O) groups excluding carboxylic acids is 1. The third-order valence-corrected chi connectivity index (χ3v) is 6.58. The largest absolute Gasteiger partial charge is 0.383 e. The molecule has 1 N–H and O–H groups in total. The second kappa shape index (κ2) is 8.49. The highest BCUT2D eigenvalue weighted by molar-refractivity contribution is 7.89. The van der Waals surface area contributed by atoms with Crippen LogP contribution in [-0.2, 0) is 14.8 Å². The molecule has 1 amide bonds. The van der Waals surface area contributed by atoms with Gasteiger partial charge in [-0.2, -0.15) is 4.31 Å². The smallest absolute Gasteiger partial charge is 0.253 e. The van der Waals surface area contributed by atoms with Crippen LogP contribution in [0.5, 0.6) is 0 Å². The topological polar surface area (TPSA) is 75.7 Å². The van der Waals surface area contributed by atoms with Gasteiger partial charge in [0.2, 0.25) is 10.0 Å². The monoisotopic (exact) mass is 388 g/mol. The summed E-state index contributed by atoms with van der Waals surface area (Å²) in [6.07, 6.45) is 1.68. The molecule has 1 aromatic carbocycles. The lowest BCUT2D eigenvalue weighted by Gasteiger charge is -2.29. The molecule has 1 aliphatic heterocycles. The van der Waals surface area contributed by atoms with Crippen LogP contribution in [0.2, 0.25) is 5.02 Å². The molecule has 140 valence electrons. The molecular formula is C17H25ClN2O4S. The summed E-state index contributed by atoms with van der Waals surface area (Å²) >= 11 is 6.11. The lowest BCUT2D eigenvalue weighted by Crippen LogP contribution is -2.38. The van der Waals surface area contributed by atoms with Crippen molar-refractivity contribution < 1.29 is 17.9 Å². The number of benzene rings is 1. The number of rotatable bonds is 6. The van der Waals surface area contributed by atoms with E-state index in [0.29, 0.717) is 25.6 Å². The zero-order chi connectivity index (χ0) is 18.6. The molecule has 1 heterocycles. The number of halogens is 1. The number of nitrogens with zero attached hydrogens (tertiary/aromatic N) is 1. The van der Waals surface area contributed by atoms with Gasteiger partial charge in [-0.25, -0.2) is 8.42 Å². The number of ether oxygens (including phenoxy) is 1. The fraction of sp³-hybridized carbons (Fsp3) is 0.588. The number of carbonyl (C=O) groups is 1. The van der Waals surface area contributed by atoms with Gasteiger partial charge in [-0.15, -0.1) is 0 Å². The standard InChI is InChI=1S/C17H25ClN2O4S/c1-12-6-8-20(9-7-12)25(22,23)14-4-5-16(18)15(10-14)17(21)19-13(2)11-24-3/h4-5,10,12-13H,6-9,11H2,1-3H3,(H,19,21). The van der Waals surface area contributed by atoms with Crippen LogP contribution in [0.25, 0.3) is 0 Å². The Bertz CT molecular complexity index is 715. The zero-order valence-corrected chi connectivity index (χ0v) is 16.4. The Hall–Kier alpha value is -1.15. The fourth-order valence-electron chi connectivity index (χ4n) is 2.81. The third-order valence-electron chi connectivity index (χ3n) is 4.36. The Labute approximate surface area is 154 Å². The highest BCUT2D eigenvalue weighted by Crippen LogP contribution is 2.26. The highest BCUT2D eigenvalue weighted by Gasteiger charge is 2.29. The maximum Gasteiger partial charge on any atom is 0.253 e. The molecule has 25 heavy (non-hydrogen) atoms. The molecule has 2 rings (SSSR count). The summed E-state index contributed by atoms with van der Waals surface area (Å²) in [5, 5.41) is 2.96. The van der Waals surface area contributed by atoms with Gasteiger partial charge in [0.25, 0.3) is 5.91 Å². The quantitative estimate of drug-likeness (QED) is 0.812. The van der Waals surface area contributed by atoms with E-state index in [4.69, 9.17) is 16.3 Å². The van der Waals surface area contributed by atoms with Gasteiger partial charge in [-0.05, 0) is 43.9 Å². The van der Waals surface area contributed by atoms with Crippen molar-refractivity contribution in [1.29, 1.82) is 0 Å². The van der Waals surface area contributed by atoms with E-state index >= 15 is 0 Å². The average molecular weight is 389 g/mol. The molecule has 0 bridgehead atoms. The molecule has 0 aliphatic carbocycles. The van der Waals surface area contributed by atoms with Crippen LogP contribution < -0.4 is 5.32 Å². The van der Waals surface area contributed by atoms with E-state index in [1.54, 1.807) is 14.0 Å². The van der Waals surface area contributed by atoms with Crippen LogP contribution in [0.15, 0.2) is 23.1 Å². The van der Waals surface area contributed by atoms with E-state index < -0.39 is 15.9 Å². The van der Waals surface area contributed by atoms with Crippen molar-refractivity contribution in [3.05, 3.63) is 28.8 Å². The molecule has 6 nitrogen and oxygen atoms in total. The number of methoxy groups -OCH3 is 1. The first kappa shape index (κ1) is 20.2.